The zero-order chi connectivity index (χ0) is 14.6. The summed E-state index contributed by atoms with van der Waals surface area (Å²) in [5.41, 5.74) is 1.44. The molecule has 1 aromatic rings. The first-order valence-corrected chi connectivity index (χ1v) is 8.70. The minimum atomic E-state index is 0.523. The lowest BCUT2D eigenvalue weighted by atomic mass is 10.1. The molecule has 1 heterocycles. The van der Waals surface area contributed by atoms with Crippen molar-refractivity contribution in [2.24, 2.45) is 0 Å². The number of aryl methyl sites for hydroxylation is 1. The van der Waals surface area contributed by atoms with E-state index in [9.17, 15) is 0 Å². The zero-order valence-corrected chi connectivity index (χ0v) is 13.8. The average Bonchev–Trinajstić information content (AvgIpc) is 2.92. The van der Waals surface area contributed by atoms with Gasteiger partial charge in [0.2, 0.25) is 0 Å². The second kappa shape index (κ2) is 11.0. The molecule has 0 radical (unpaired) electrons. The third-order valence-electron chi connectivity index (χ3n) is 4.05. The van der Waals surface area contributed by atoms with Gasteiger partial charge in [0.05, 0.1) is 0 Å². The average molecular weight is 278 g/mol. The highest BCUT2D eigenvalue weighted by molar-refractivity contribution is 5.15. The van der Waals surface area contributed by atoms with Crippen molar-refractivity contribution in [1.29, 1.82) is 0 Å². The van der Waals surface area contributed by atoms with Crippen LogP contribution < -0.4 is 5.32 Å². The first-order chi connectivity index (χ1) is 9.81. The number of rotatable bonds is 12. The van der Waals surface area contributed by atoms with E-state index in [1.54, 1.807) is 0 Å². The number of hydrogen-bond donors (Lipinski definition) is 1. The zero-order valence-electron chi connectivity index (χ0n) is 13.8. The smallest absolute Gasteiger partial charge is 0.0332 e. The maximum Gasteiger partial charge on any atom is 0.0332 e. The highest BCUT2D eigenvalue weighted by Crippen LogP contribution is 2.17. The molecule has 1 unspecified atom stereocenters. The van der Waals surface area contributed by atoms with Crippen LogP contribution in [-0.4, -0.2) is 11.1 Å². The Morgan fingerprint density at radius 2 is 1.70 bits per heavy atom. The molecule has 0 aliphatic rings. The van der Waals surface area contributed by atoms with E-state index in [1.807, 2.05) is 0 Å². The van der Waals surface area contributed by atoms with Crippen LogP contribution in [-0.2, 0) is 6.54 Å². The molecule has 2 heteroatoms. The lowest BCUT2D eigenvalue weighted by Gasteiger charge is -2.14. The number of unbranched alkanes of at least 4 members (excludes halogenated alkanes) is 6. The molecule has 1 aromatic heterocycles. The first kappa shape index (κ1) is 17.3. The Bertz CT molecular complexity index is 330. The predicted molar refractivity (Wildman–Crippen MR) is 89.1 cm³/mol. The molecule has 1 N–H and O–H groups in total. The van der Waals surface area contributed by atoms with E-state index in [4.69, 9.17) is 0 Å². The van der Waals surface area contributed by atoms with Crippen molar-refractivity contribution in [2.75, 3.05) is 6.54 Å². The largest absolute Gasteiger partial charge is 0.354 e. The quantitative estimate of drug-likeness (QED) is 0.513. The van der Waals surface area contributed by atoms with Gasteiger partial charge in [0.15, 0.2) is 0 Å². The van der Waals surface area contributed by atoms with E-state index in [1.165, 1.54) is 57.1 Å². The second-order valence-electron chi connectivity index (χ2n) is 5.82. The third kappa shape index (κ3) is 6.60. The van der Waals surface area contributed by atoms with E-state index in [0.717, 1.165) is 13.0 Å². The molecule has 0 fully saturated rings. The van der Waals surface area contributed by atoms with Crippen molar-refractivity contribution >= 4 is 0 Å². The molecule has 0 amide bonds. The van der Waals surface area contributed by atoms with E-state index < -0.39 is 0 Å². The van der Waals surface area contributed by atoms with Crippen LogP contribution in [0.4, 0.5) is 0 Å². The van der Waals surface area contributed by atoms with Gasteiger partial charge in [-0.1, -0.05) is 59.3 Å². The molecule has 2 nitrogen and oxygen atoms in total. The molecule has 1 rings (SSSR count). The van der Waals surface area contributed by atoms with Crippen LogP contribution in [0.1, 0.15) is 83.7 Å². The SMILES string of the molecule is CCCCCCCCCn1ccc(C(CC)NCC)c1. The van der Waals surface area contributed by atoms with Gasteiger partial charge in [0.25, 0.3) is 0 Å². The lowest BCUT2D eigenvalue weighted by Crippen LogP contribution is -2.19. The van der Waals surface area contributed by atoms with Gasteiger partial charge in [0, 0.05) is 25.0 Å². The summed E-state index contributed by atoms with van der Waals surface area (Å²) in [6, 6.07) is 2.80. The Kier molecular flexibility index (Phi) is 9.48. The van der Waals surface area contributed by atoms with Gasteiger partial charge in [0.1, 0.15) is 0 Å². The highest BCUT2D eigenvalue weighted by Gasteiger charge is 2.08. The fourth-order valence-corrected chi connectivity index (χ4v) is 2.80. The van der Waals surface area contributed by atoms with Crippen LogP contribution in [0, 0.1) is 0 Å². The highest BCUT2D eigenvalue weighted by atomic mass is 15.0. The monoisotopic (exact) mass is 278 g/mol. The summed E-state index contributed by atoms with van der Waals surface area (Å²) in [6.07, 6.45) is 15.4. The molecule has 0 spiro atoms. The first-order valence-electron chi connectivity index (χ1n) is 8.70. The minimum Gasteiger partial charge on any atom is -0.354 e. The van der Waals surface area contributed by atoms with E-state index in [-0.39, 0.29) is 0 Å². The summed E-state index contributed by atoms with van der Waals surface area (Å²) in [7, 11) is 0. The number of hydrogen-bond acceptors (Lipinski definition) is 1. The Morgan fingerprint density at radius 3 is 2.35 bits per heavy atom. The van der Waals surface area contributed by atoms with E-state index >= 15 is 0 Å². The molecule has 0 aromatic carbocycles. The third-order valence-corrected chi connectivity index (χ3v) is 4.05. The molecule has 20 heavy (non-hydrogen) atoms. The molecular formula is C18H34N2. The van der Waals surface area contributed by atoms with Crippen LogP contribution in [0.5, 0.6) is 0 Å². The number of aromatic nitrogens is 1. The van der Waals surface area contributed by atoms with Gasteiger partial charge < -0.3 is 9.88 Å². The molecule has 0 saturated heterocycles. The summed E-state index contributed by atoms with van der Waals surface area (Å²) >= 11 is 0. The van der Waals surface area contributed by atoms with Crippen LogP contribution in [0.15, 0.2) is 18.5 Å². The molecule has 0 aliphatic heterocycles. The Hall–Kier alpha value is -0.760. The molecular weight excluding hydrogens is 244 g/mol. The summed E-state index contributed by atoms with van der Waals surface area (Å²) in [4.78, 5) is 0. The van der Waals surface area contributed by atoms with Gasteiger partial charge in [-0.25, -0.2) is 0 Å². The van der Waals surface area contributed by atoms with Gasteiger partial charge in [-0.2, -0.15) is 0 Å². The van der Waals surface area contributed by atoms with Crippen molar-refractivity contribution in [3.63, 3.8) is 0 Å². The van der Waals surface area contributed by atoms with Gasteiger partial charge in [-0.3, -0.25) is 0 Å². The van der Waals surface area contributed by atoms with Crippen LogP contribution in [0.25, 0.3) is 0 Å². The summed E-state index contributed by atoms with van der Waals surface area (Å²) in [5, 5.41) is 3.54. The second-order valence-corrected chi connectivity index (χ2v) is 5.82. The van der Waals surface area contributed by atoms with Crippen molar-refractivity contribution in [1.82, 2.24) is 9.88 Å². The summed E-state index contributed by atoms with van der Waals surface area (Å²) in [5.74, 6) is 0. The van der Waals surface area contributed by atoms with Crippen molar-refractivity contribution in [3.8, 4) is 0 Å². The topological polar surface area (TPSA) is 17.0 Å². The maximum absolute atomic E-state index is 3.54. The summed E-state index contributed by atoms with van der Waals surface area (Å²) in [6.45, 7) is 8.93. The maximum atomic E-state index is 3.54. The normalized spacial score (nSPS) is 12.8. The van der Waals surface area contributed by atoms with Crippen LogP contribution in [0.2, 0.25) is 0 Å². The van der Waals surface area contributed by atoms with E-state index in [2.05, 4.69) is 49.1 Å². The Morgan fingerprint density at radius 1 is 1.00 bits per heavy atom. The minimum absolute atomic E-state index is 0.523. The molecule has 0 saturated carbocycles. The lowest BCUT2D eigenvalue weighted by molar-refractivity contribution is 0.530. The van der Waals surface area contributed by atoms with Gasteiger partial charge >= 0.3 is 0 Å². The number of nitrogens with zero attached hydrogens (tertiary/aromatic N) is 1. The Labute approximate surface area is 126 Å². The standard InChI is InChI=1S/C18H34N2/c1-4-7-8-9-10-11-12-14-20-15-13-17(16-20)18(5-2)19-6-3/h13,15-16,18-19H,4-12,14H2,1-3H3. The van der Waals surface area contributed by atoms with E-state index in [0.29, 0.717) is 6.04 Å². The van der Waals surface area contributed by atoms with Crippen molar-refractivity contribution in [2.45, 2.75) is 84.7 Å². The number of nitrogens with one attached hydrogen (secondary N) is 1. The van der Waals surface area contributed by atoms with Crippen LogP contribution in [0.3, 0.4) is 0 Å². The fourth-order valence-electron chi connectivity index (χ4n) is 2.80. The predicted octanol–water partition coefficient (Wildman–Crippen LogP) is 5.30. The van der Waals surface area contributed by atoms with Crippen molar-refractivity contribution < 1.29 is 0 Å². The molecule has 0 aliphatic carbocycles. The summed E-state index contributed by atoms with van der Waals surface area (Å²) < 4.78 is 2.36. The van der Waals surface area contributed by atoms with Gasteiger partial charge in [-0.15, -0.1) is 0 Å². The fraction of sp³-hybridized carbons (Fsp3) is 0.778. The molecule has 1 atom stereocenters. The van der Waals surface area contributed by atoms with Crippen molar-refractivity contribution in [3.05, 3.63) is 24.0 Å². The van der Waals surface area contributed by atoms with Gasteiger partial charge in [-0.05, 0) is 31.0 Å². The molecule has 116 valence electrons. The molecule has 0 bridgehead atoms. The van der Waals surface area contributed by atoms with Crippen LogP contribution >= 0.6 is 0 Å². The Balaban J connectivity index is 2.20.